The molecule has 0 aromatic heterocycles. The fraction of sp³-hybridized carbons (Fsp3) is 0.391. The molecule has 0 bridgehead atoms. The number of sulfonamides is 1. The molecular formula is C23H28N2O8S. The van der Waals surface area contributed by atoms with E-state index in [0.29, 0.717) is 17.2 Å². The van der Waals surface area contributed by atoms with Gasteiger partial charge >= 0.3 is 5.97 Å². The molecule has 1 fully saturated rings. The van der Waals surface area contributed by atoms with Gasteiger partial charge in [-0.2, -0.15) is 4.31 Å². The van der Waals surface area contributed by atoms with Gasteiger partial charge in [-0.15, -0.1) is 0 Å². The lowest BCUT2D eigenvalue weighted by Crippen LogP contribution is -2.48. The van der Waals surface area contributed by atoms with Gasteiger partial charge in [-0.05, 0) is 38.1 Å². The van der Waals surface area contributed by atoms with Crippen LogP contribution < -0.4 is 14.8 Å². The highest BCUT2D eigenvalue weighted by molar-refractivity contribution is 7.89. The Labute approximate surface area is 198 Å². The smallest absolute Gasteiger partial charge is 0.338 e. The van der Waals surface area contributed by atoms with E-state index in [0.717, 1.165) is 0 Å². The fourth-order valence-corrected chi connectivity index (χ4v) is 5.12. The maximum atomic E-state index is 12.9. The molecule has 1 amide bonds. The van der Waals surface area contributed by atoms with Crippen LogP contribution in [0.3, 0.4) is 0 Å². The number of morpholine rings is 1. The van der Waals surface area contributed by atoms with Crippen molar-refractivity contribution in [3.63, 3.8) is 0 Å². The van der Waals surface area contributed by atoms with E-state index >= 15 is 0 Å². The predicted molar refractivity (Wildman–Crippen MR) is 124 cm³/mol. The minimum atomic E-state index is -3.73. The SMILES string of the molecule is COc1cc(NC(=O)COC(=O)c2ccc(S(=O)(=O)N3CC(C)OC(C)C3)cc2)cc(OC)c1. The van der Waals surface area contributed by atoms with E-state index in [1.807, 2.05) is 13.8 Å². The third-order valence-electron chi connectivity index (χ3n) is 5.08. The second-order valence-corrected chi connectivity index (χ2v) is 9.77. The molecule has 3 rings (SSSR count). The van der Waals surface area contributed by atoms with E-state index in [2.05, 4.69) is 5.32 Å². The van der Waals surface area contributed by atoms with Crippen LogP contribution in [0.15, 0.2) is 47.4 Å². The summed E-state index contributed by atoms with van der Waals surface area (Å²) in [7, 11) is -0.752. The lowest BCUT2D eigenvalue weighted by molar-refractivity contribution is -0.119. The van der Waals surface area contributed by atoms with E-state index in [4.69, 9.17) is 18.9 Å². The van der Waals surface area contributed by atoms with Gasteiger partial charge < -0.3 is 24.3 Å². The number of nitrogens with one attached hydrogen (secondary N) is 1. The van der Waals surface area contributed by atoms with Crippen LogP contribution >= 0.6 is 0 Å². The van der Waals surface area contributed by atoms with Gasteiger partial charge in [0.2, 0.25) is 10.0 Å². The second kappa shape index (κ2) is 10.9. The molecule has 0 saturated carbocycles. The van der Waals surface area contributed by atoms with Crippen molar-refractivity contribution < 1.29 is 37.0 Å². The van der Waals surface area contributed by atoms with Crippen molar-refractivity contribution in [1.29, 1.82) is 0 Å². The van der Waals surface area contributed by atoms with Crippen LogP contribution in [0.2, 0.25) is 0 Å². The number of carbonyl (C=O) groups excluding carboxylic acids is 2. The zero-order valence-corrected chi connectivity index (χ0v) is 20.3. The Morgan fingerprint density at radius 1 is 1.00 bits per heavy atom. The van der Waals surface area contributed by atoms with E-state index in [-0.39, 0.29) is 35.8 Å². The number of nitrogens with zero attached hydrogens (tertiary/aromatic N) is 1. The van der Waals surface area contributed by atoms with Crippen LogP contribution in [-0.4, -0.2) is 70.7 Å². The molecule has 1 aliphatic rings. The number of esters is 1. The summed E-state index contributed by atoms with van der Waals surface area (Å²) in [5.74, 6) is -0.334. The summed E-state index contributed by atoms with van der Waals surface area (Å²) in [6, 6.07) is 10.2. The standard InChI is InChI=1S/C23H28N2O8S/c1-15-12-25(13-16(2)33-15)34(28,29)21-7-5-17(6-8-21)23(27)32-14-22(26)24-18-9-19(30-3)11-20(10-18)31-4/h5-11,15-16H,12-14H2,1-4H3,(H,24,26). The number of rotatable bonds is 8. The Balaban J connectivity index is 1.59. The van der Waals surface area contributed by atoms with Gasteiger partial charge in [0, 0.05) is 37.0 Å². The molecule has 10 nitrogen and oxygen atoms in total. The third kappa shape index (κ3) is 6.25. The largest absolute Gasteiger partial charge is 0.497 e. The number of ether oxygens (including phenoxy) is 4. The van der Waals surface area contributed by atoms with Gasteiger partial charge in [0.05, 0.1) is 36.9 Å². The fourth-order valence-electron chi connectivity index (χ4n) is 3.53. The molecule has 1 heterocycles. The first-order valence-corrected chi connectivity index (χ1v) is 12.0. The Bertz CT molecular complexity index is 1100. The number of hydrogen-bond donors (Lipinski definition) is 1. The van der Waals surface area contributed by atoms with Crippen LogP contribution in [0.5, 0.6) is 11.5 Å². The van der Waals surface area contributed by atoms with E-state index in [1.165, 1.54) is 42.8 Å². The summed E-state index contributed by atoms with van der Waals surface area (Å²) in [5.41, 5.74) is 0.539. The zero-order chi connectivity index (χ0) is 24.9. The Morgan fingerprint density at radius 2 is 1.56 bits per heavy atom. The molecule has 2 aromatic carbocycles. The molecule has 1 N–H and O–H groups in total. The number of anilines is 1. The first-order chi connectivity index (χ1) is 16.1. The quantitative estimate of drug-likeness (QED) is 0.558. The topological polar surface area (TPSA) is 120 Å². The van der Waals surface area contributed by atoms with Crippen molar-refractivity contribution in [2.24, 2.45) is 0 Å². The van der Waals surface area contributed by atoms with Gasteiger partial charge in [0.25, 0.3) is 5.91 Å². The second-order valence-electron chi connectivity index (χ2n) is 7.83. The Kier molecular flexibility index (Phi) is 8.13. The summed E-state index contributed by atoms with van der Waals surface area (Å²) >= 11 is 0. The predicted octanol–water partition coefficient (Wildman–Crippen LogP) is 2.30. The summed E-state index contributed by atoms with van der Waals surface area (Å²) in [6.45, 7) is 3.62. The highest BCUT2D eigenvalue weighted by atomic mass is 32.2. The van der Waals surface area contributed by atoms with Crippen molar-refractivity contribution in [2.45, 2.75) is 31.0 Å². The molecule has 2 atom stereocenters. The average Bonchev–Trinajstić information content (AvgIpc) is 2.81. The molecule has 2 aromatic rings. The molecule has 184 valence electrons. The van der Waals surface area contributed by atoms with Gasteiger partial charge in [-0.3, -0.25) is 4.79 Å². The van der Waals surface area contributed by atoms with Crippen LogP contribution in [0, 0.1) is 0 Å². The third-order valence-corrected chi connectivity index (χ3v) is 6.93. The van der Waals surface area contributed by atoms with Crippen LogP contribution in [0.25, 0.3) is 0 Å². The van der Waals surface area contributed by atoms with Crippen LogP contribution in [0.4, 0.5) is 5.69 Å². The highest BCUT2D eigenvalue weighted by Crippen LogP contribution is 2.26. The van der Waals surface area contributed by atoms with Gasteiger partial charge in [-0.25, -0.2) is 13.2 Å². The summed E-state index contributed by atoms with van der Waals surface area (Å²) in [5, 5.41) is 2.60. The molecule has 0 radical (unpaired) electrons. The summed E-state index contributed by atoms with van der Waals surface area (Å²) < 4.78 is 48.2. The van der Waals surface area contributed by atoms with Crippen molar-refractivity contribution in [2.75, 3.05) is 39.2 Å². The molecule has 2 unspecified atom stereocenters. The molecule has 1 saturated heterocycles. The first kappa shape index (κ1) is 25.5. The van der Waals surface area contributed by atoms with Crippen molar-refractivity contribution >= 4 is 27.6 Å². The van der Waals surface area contributed by atoms with Gasteiger partial charge in [-0.1, -0.05) is 0 Å². The minimum absolute atomic E-state index is 0.0649. The lowest BCUT2D eigenvalue weighted by Gasteiger charge is -2.34. The van der Waals surface area contributed by atoms with Gasteiger partial charge in [0.1, 0.15) is 11.5 Å². The monoisotopic (exact) mass is 492 g/mol. The molecule has 0 aliphatic carbocycles. The first-order valence-electron chi connectivity index (χ1n) is 10.6. The Hall–Kier alpha value is -3.15. The molecule has 1 aliphatic heterocycles. The number of hydrogen-bond acceptors (Lipinski definition) is 8. The normalized spacial score (nSPS) is 18.7. The summed E-state index contributed by atoms with van der Waals surface area (Å²) in [6.07, 6.45) is -0.422. The maximum absolute atomic E-state index is 12.9. The maximum Gasteiger partial charge on any atom is 0.338 e. The van der Waals surface area contributed by atoms with E-state index in [1.54, 1.807) is 18.2 Å². The molecule has 34 heavy (non-hydrogen) atoms. The average molecular weight is 493 g/mol. The molecule has 0 spiro atoms. The van der Waals surface area contributed by atoms with E-state index < -0.39 is 28.5 Å². The lowest BCUT2D eigenvalue weighted by atomic mass is 10.2. The van der Waals surface area contributed by atoms with Crippen molar-refractivity contribution in [1.82, 2.24) is 4.31 Å². The number of methoxy groups -OCH3 is 2. The molecular weight excluding hydrogens is 464 g/mol. The minimum Gasteiger partial charge on any atom is -0.497 e. The van der Waals surface area contributed by atoms with Crippen LogP contribution in [0.1, 0.15) is 24.2 Å². The van der Waals surface area contributed by atoms with E-state index in [9.17, 15) is 18.0 Å². The van der Waals surface area contributed by atoms with Crippen LogP contribution in [-0.2, 0) is 24.3 Å². The zero-order valence-electron chi connectivity index (χ0n) is 19.4. The summed E-state index contributed by atoms with van der Waals surface area (Å²) in [4.78, 5) is 24.6. The number of amides is 1. The van der Waals surface area contributed by atoms with Crippen molar-refractivity contribution in [3.8, 4) is 11.5 Å². The number of benzene rings is 2. The van der Waals surface area contributed by atoms with Crippen molar-refractivity contribution in [3.05, 3.63) is 48.0 Å². The number of carbonyl (C=O) groups is 2. The molecule has 11 heteroatoms. The highest BCUT2D eigenvalue weighted by Gasteiger charge is 2.32. The Morgan fingerprint density at radius 3 is 2.09 bits per heavy atom. The van der Waals surface area contributed by atoms with Gasteiger partial charge in [0.15, 0.2) is 6.61 Å².